The summed E-state index contributed by atoms with van der Waals surface area (Å²) in [5, 5.41) is 0.366. The molecule has 0 spiro atoms. The summed E-state index contributed by atoms with van der Waals surface area (Å²) in [7, 11) is 1.30. The van der Waals surface area contributed by atoms with Crippen LogP contribution in [0.2, 0.25) is 0 Å². The van der Waals surface area contributed by atoms with Crippen LogP contribution in [0.4, 0.5) is 0 Å². The number of nitrogens with zero attached hydrogens (tertiary/aromatic N) is 3. The highest BCUT2D eigenvalue weighted by Gasteiger charge is 2.14. The van der Waals surface area contributed by atoms with Gasteiger partial charge >= 0.3 is 5.97 Å². The van der Waals surface area contributed by atoms with E-state index < -0.39 is 5.97 Å². The number of hydrogen-bond acceptors (Lipinski definition) is 5. The van der Waals surface area contributed by atoms with Gasteiger partial charge in [-0.2, -0.15) is 0 Å². The van der Waals surface area contributed by atoms with Gasteiger partial charge in [0.25, 0.3) is 5.56 Å². The Hall–Kier alpha value is -3.02. The van der Waals surface area contributed by atoms with Crippen molar-refractivity contribution in [1.82, 2.24) is 14.5 Å². The summed E-state index contributed by atoms with van der Waals surface area (Å²) in [4.78, 5) is 32.7. The summed E-state index contributed by atoms with van der Waals surface area (Å²) in [6.45, 7) is 1.71. The smallest absolute Gasteiger partial charge is 0.339 e. The second kappa shape index (κ2) is 5.40. The first kappa shape index (κ1) is 13.9. The summed E-state index contributed by atoms with van der Waals surface area (Å²) >= 11 is 0. The van der Waals surface area contributed by atoms with Gasteiger partial charge in [-0.1, -0.05) is 0 Å². The first-order valence-electron chi connectivity index (χ1n) is 6.63. The number of esters is 1. The largest absolute Gasteiger partial charge is 0.465 e. The molecule has 0 N–H and O–H groups in total. The molecule has 0 saturated heterocycles. The van der Waals surface area contributed by atoms with Crippen LogP contribution in [0.3, 0.4) is 0 Å². The Morgan fingerprint density at radius 1 is 1.23 bits per heavy atom. The van der Waals surface area contributed by atoms with Gasteiger partial charge in [0.05, 0.1) is 35.0 Å². The highest BCUT2D eigenvalue weighted by molar-refractivity contribution is 5.94. The van der Waals surface area contributed by atoms with E-state index in [4.69, 9.17) is 4.74 Å². The predicted octanol–water partition coefficient (Wildman–Crippen LogP) is 1.88. The molecule has 0 bridgehead atoms. The molecule has 0 aromatic carbocycles. The number of methoxy groups -OCH3 is 1. The van der Waals surface area contributed by atoms with Gasteiger partial charge in [0.15, 0.2) is 0 Å². The molecule has 3 heterocycles. The van der Waals surface area contributed by atoms with Gasteiger partial charge < -0.3 is 4.74 Å². The second-order valence-corrected chi connectivity index (χ2v) is 4.74. The van der Waals surface area contributed by atoms with Gasteiger partial charge in [-0.15, -0.1) is 0 Å². The lowest BCUT2D eigenvalue weighted by atomic mass is 10.1. The minimum absolute atomic E-state index is 0.249. The van der Waals surface area contributed by atoms with Crippen molar-refractivity contribution in [3.05, 3.63) is 64.5 Å². The predicted molar refractivity (Wildman–Crippen MR) is 81.2 cm³/mol. The number of pyridine rings is 3. The zero-order valence-corrected chi connectivity index (χ0v) is 12.1. The molecule has 0 aliphatic rings. The number of rotatable bonds is 2. The van der Waals surface area contributed by atoms with Gasteiger partial charge in [0.2, 0.25) is 0 Å². The van der Waals surface area contributed by atoms with Crippen LogP contribution in [0.15, 0.2) is 47.7 Å². The number of hydrogen-bond donors (Lipinski definition) is 0. The molecule has 6 heteroatoms. The molecule has 0 radical (unpaired) electrons. The van der Waals surface area contributed by atoms with Crippen molar-refractivity contribution in [3.8, 4) is 5.69 Å². The number of ether oxygens (including phenoxy) is 1. The second-order valence-electron chi connectivity index (χ2n) is 4.74. The van der Waals surface area contributed by atoms with Gasteiger partial charge in [-0.05, 0) is 31.2 Å². The van der Waals surface area contributed by atoms with E-state index in [2.05, 4.69) is 9.97 Å². The lowest BCUT2D eigenvalue weighted by Gasteiger charge is -2.09. The van der Waals surface area contributed by atoms with E-state index in [0.29, 0.717) is 27.8 Å². The number of fused-ring (bicyclic) bond motifs is 1. The van der Waals surface area contributed by atoms with Gasteiger partial charge in [-0.3, -0.25) is 19.3 Å². The van der Waals surface area contributed by atoms with Crippen LogP contribution in [0.25, 0.3) is 16.6 Å². The average Bonchev–Trinajstić information content (AvgIpc) is 2.55. The number of carbonyl (C=O) groups excluding carboxylic acids is 1. The topological polar surface area (TPSA) is 74.1 Å². The van der Waals surface area contributed by atoms with Gasteiger partial charge in [0, 0.05) is 18.6 Å². The molecule has 0 fully saturated rings. The fourth-order valence-electron chi connectivity index (χ4n) is 2.29. The van der Waals surface area contributed by atoms with E-state index in [1.807, 2.05) is 0 Å². The minimum atomic E-state index is -0.509. The number of aryl methyl sites for hydroxylation is 1. The molecular weight excluding hydrogens is 282 g/mol. The molecule has 3 rings (SSSR count). The first-order chi connectivity index (χ1) is 10.6. The molecule has 0 unspecified atom stereocenters. The maximum Gasteiger partial charge on any atom is 0.339 e. The van der Waals surface area contributed by atoms with E-state index in [0.717, 1.165) is 0 Å². The molecule has 110 valence electrons. The third-order valence-corrected chi connectivity index (χ3v) is 3.42. The summed E-state index contributed by atoms with van der Waals surface area (Å²) < 4.78 is 6.21. The van der Waals surface area contributed by atoms with Crippen LogP contribution in [0, 0.1) is 6.92 Å². The third kappa shape index (κ3) is 2.24. The molecular formula is C16H13N3O3. The Bertz CT molecular complexity index is 917. The molecule has 0 amide bonds. The van der Waals surface area contributed by atoms with E-state index in [1.165, 1.54) is 17.7 Å². The Balaban J connectivity index is 2.29. The van der Waals surface area contributed by atoms with Crippen LogP contribution in [-0.2, 0) is 4.74 Å². The number of carbonyl (C=O) groups is 1. The summed E-state index contributed by atoms with van der Waals surface area (Å²) in [5.41, 5.74) is 1.81. The zero-order chi connectivity index (χ0) is 15.7. The van der Waals surface area contributed by atoms with Crippen LogP contribution in [0.5, 0.6) is 0 Å². The molecule has 3 aromatic heterocycles. The van der Waals surface area contributed by atoms with Crippen LogP contribution >= 0.6 is 0 Å². The van der Waals surface area contributed by atoms with Crippen LogP contribution in [0.1, 0.15) is 16.1 Å². The summed E-state index contributed by atoms with van der Waals surface area (Å²) in [6.07, 6.45) is 4.88. The maximum atomic E-state index is 12.7. The quantitative estimate of drug-likeness (QED) is 0.675. The van der Waals surface area contributed by atoms with Crippen molar-refractivity contribution in [1.29, 1.82) is 0 Å². The molecule has 0 aliphatic carbocycles. The third-order valence-electron chi connectivity index (χ3n) is 3.42. The molecule has 3 aromatic rings. The van der Waals surface area contributed by atoms with Crippen molar-refractivity contribution in [2.75, 3.05) is 7.11 Å². The summed E-state index contributed by atoms with van der Waals surface area (Å²) in [6, 6.07) is 6.74. The Morgan fingerprint density at radius 3 is 2.64 bits per heavy atom. The zero-order valence-electron chi connectivity index (χ0n) is 12.1. The Morgan fingerprint density at radius 2 is 1.95 bits per heavy atom. The van der Waals surface area contributed by atoms with E-state index in [1.54, 1.807) is 43.7 Å². The van der Waals surface area contributed by atoms with Crippen molar-refractivity contribution >= 4 is 16.9 Å². The fraction of sp³-hybridized carbons (Fsp3) is 0.125. The van der Waals surface area contributed by atoms with Gasteiger partial charge in [0.1, 0.15) is 0 Å². The molecule has 0 aliphatic heterocycles. The normalized spacial score (nSPS) is 10.6. The Kier molecular flexibility index (Phi) is 3.42. The Labute approximate surface area is 126 Å². The number of aromatic nitrogens is 3. The lowest BCUT2D eigenvalue weighted by molar-refractivity contribution is 0.0599. The molecule has 0 atom stereocenters. The minimum Gasteiger partial charge on any atom is -0.465 e. The van der Waals surface area contributed by atoms with Crippen molar-refractivity contribution in [3.63, 3.8) is 0 Å². The monoisotopic (exact) mass is 295 g/mol. The van der Waals surface area contributed by atoms with Crippen LogP contribution < -0.4 is 5.56 Å². The van der Waals surface area contributed by atoms with Crippen molar-refractivity contribution in [2.24, 2.45) is 0 Å². The highest BCUT2D eigenvalue weighted by atomic mass is 16.5. The first-order valence-corrected chi connectivity index (χ1v) is 6.63. The standard InChI is InChI=1S/C16H13N3O3/c1-10-12(16(21)22-2)9-13-14(18-10)5-8-19(15(13)20)11-3-6-17-7-4-11/h3-9H,1-2H3. The molecule has 0 saturated carbocycles. The highest BCUT2D eigenvalue weighted by Crippen LogP contribution is 2.15. The lowest BCUT2D eigenvalue weighted by Crippen LogP contribution is -2.19. The van der Waals surface area contributed by atoms with E-state index in [-0.39, 0.29) is 5.56 Å². The van der Waals surface area contributed by atoms with Crippen molar-refractivity contribution in [2.45, 2.75) is 6.92 Å². The van der Waals surface area contributed by atoms with Crippen LogP contribution in [-0.4, -0.2) is 27.6 Å². The fourth-order valence-corrected chi connectivity index (χ4v) is 2.29. The van der Waals surface area contributed by atoms with E-state index in [9.17, 15) is 9.59 Å². The SMILES string of the molecule is COC(=O)c1cc2c(=O)n(-c3ccncc3)ccc2nc1C. The summed E-state index contributed by atoms with van der Waals surface area (Å²) in [5.74, 6) is -0.509. The molecule has 6 nitrogen and oxygen atoms in total. The van der Waals surface area contributed by atoms with E-state index >= 15 is 0 Å². The maximum absolute atomic E-state index is 12.7. The van der Waals surface area contributed by atoms with Gasteiger partial charge in [-0.25, -0.2) is 4.79 Å². The molecule has 22 heavy (non-hydrogen) atoms. The average molecular weight is 295 g/mol. The van der Waals surface area contributed by atoms with Crippen molar-refractivity contribution < 1.29 is 9.53 Å².